The third-order valence-electron chi connectivity index (χ3n) is 3.24. The Morgan fingerprint density at radius 2 is 2.19 bits per heavy atom. The monoisotopic (exact) mass is 219 g/mol. The van der Waals surface area contributed by atoms with Crippen LogP contribution in [0.1, 0.15) is 43.7 Å². The van der Waals surface area contributed by atoms with E-state index >= 15 is 0 Å². The van der Waals surface area contributed by atoms with Gasteiger partial charge < -0.3 is 10.5 Å². The van der Waals surface area contributed by atoms with E-state index in [0.717, 1.165) is 25.1 Å². The number of benzene rings is 1. The van der Waals surface area contributed by atoms with Gasteiger partial charge in [-0.05, 0) is 57.7 Å². The zero-order valence-electron chi connectivity index (χ0n) is 10.4. The van der Waals surface area contributed by atoms with E-state index in [4.69, 9.17) is 10.5 Å². The van der Waals surface area contributed by atoms with Crippen LogP contribution in [0.15, 0.2) is 18.2 Å². The standard InChI is InChI=1S/C14H21NO/c1-10-4-5-13-12(8-10)11(6-7-15)9-14(2,3)16-13/h4-5,8,11H,6-7,9,15H2,1-3H3. The van der Waals surface area contributed by atoms with E-state index in [2.05, 4.69) is 39.0 Å². The Hall–Kier alpha value is -1.02. The van der Waals surface area contributed by atoms with Crippen molar-refractivity contribution in [1.29, 1.82) is 0 Å². The Morgan fingerprint density at radius 1 is 1.44 bits per heavy atom. The molecule has 1 unspecified atom stereocenters. The van der Waals surface area contributed by atoms with E-state index in [-0.39, 0.29) is 5.60 Å². The van der Waals surface area contributed by atoms with Gasteiger partial charge in [-0.15, -0.1) is 0 Å². The SMILES string of the molecule is Cc1ccc2c(c1)C(CCN)CC(C)(C)O2. The molecule has 0 aromatic heterocycles. The fourth-order valence-electron chi connectivity index (χ4n) is 2.58. The molecule has 0 radical (unpaired) electrons. The third-order valence-corrected chi connectivity index (χ3v) is 3.24. The maximum Gasteiger partial charge on any atom is 0.123 e. The predicted molar refractivity (Wildman–Crippen MR) is 66.9 cm³/mol. The first kappa shape index (κ1) is 11.5. The van der Waals surface area contributed by atoms with Gasteiger partial charge >= 0.3 is 0 Å². The van der Waals surface area contributed by atoms with Crippen LogP contribution < -0.4 is 10.5 Å². The zero-order valence-corrected chi connectivity index (χ0v) is 10.4. The Bertz CT molecular complexity index is 384. The van der Waals surface area contributed by atoms with Gasteiger partial charge in [-0.2, -0.15) is 0 Å². The fourth-order valence-corrected chi connectivity index (χ4v) is 2.58. The second-order valence-electron chi connectivity index (χ2n) is 5.38. The minimum atomic E-state index is -0.0674. The van der Waals surface area contributed by atoms with Crippen molar-refractivity contribution in [3.8, 4) is 5.75 Å². The quantitative estimate of drug-likeness (QED) is 0.830. The highest BCUT2D eigenvalue weighted by molar-refractivity contribution is 5.41. The lowest BCUT2D eigenvalue weighted by molar-refractivity contribution is 0.0708. The first-order valence-corrected chi connectivity index (χ1v) is 6.01. The summed E-state index contributed by atoms with van der Waals surface area (Å²) in [5.74, 6) is 1.59. The third kappa shape index (κ3) is 2.22. The molecule has 2 rings (SSSR count). The van der Waals surface area contributed by atoms with Crippen LogP contribution in [0.25, 0.3) is 0 Å². The minimum absolute atomic E-state index is 0.0674. The van der Waals surface area contributed by atoms with Crippen molar-refractivity contribution in [2.45, 2.75) is 45.1 Å². The molecule has 1 heterocycles. The maximum absolute atomic E-state index is 6.01. The Kier molecular flexibility index (Phi) is 2.94. The first-order chi connectivity index (χ1) is 7.52. The summed E-state index contributed by atoms with van der Waals surface area (Å²) in [6.45, 7) is 7.17. The van der Waals surface area contributed by atoms with E-state index in [1.54, 1.807) is 0 Å². The second-order valence-corrected chi connectivity index (χ2v) is 5.38. The molecule has 0 amide bonds. The van der Waals surface area contributed by atoms with E-state index in [9.17, 15) is 0 Å². The van der Waals surface area contributed by atoms with E-state index in [1.165, 1.54) is 11.1 Å². The molecule has 2 nitrogen and oxygen atoms in total. The van der Waals surface area contributed by atoms with Gasteiger partial charge in [0.25, 0.3) is 0 Å². The highest BCUT2D eigenvalue weighted by Gasteiger charge is 2.33. The Morgan fingerprint density at radius 3 is 2.88 bits per heavy atom. The number of ether oxygens (including phenoxy) is 1. The molecule has 0 spiro atoms. The molecule has 0 saturated carbocycles. The summed E-state index contributed by atoms with van der Waals surface area (Å²) in [6, 6.07) is 6.44. The van der Waals surface area contributed by atoms with Crippen molar-refractivity contribution in [2.75, 3.05) is 6.54 Å². The zero-order chi connectivity index (χ0) is 11.8. The molecule has 1 aromatic rings. The van der Waals surface area contributed by atoms with Crippen molar-refractivity contribution >= 4 is 0 Å². The van der Waals surface area contributed by atoms with Crippen molar-refractivity contribution in [1.82, 2.24) is 0 Å². The van der Waals surface area contributed by atoms with Crippen LogP contribution in [-0.4, -0.2) is 12.1 Å². The second kappa shape index (κ2) is 4.10. The van der Waals surface area contributed by atoms with E-state index < -0.39 is 0 Å². The highest BCUT2D eigenvalue weighted by atomic mass is 16.5. The van der Waals surface area contributed by atoms with Gasteiger partial charge in [0.1, 0.15) is 11.4 Å². The molecule has 16 heavy (non-hydrogen) atoms. The summed E-state index contributed by atoms with van der Waals surface area (Å²) in [5, 5.41) is 0. The molecule has 0 bridgehead atoms. The largest absolute Gasteiger partial charge is 0.488 e. The van der Waals surface area contributed by atoms with Crippen LogP contribution in [-0.2, 0) is 0 Å². The fraction of sp³-hybridized carbons (Fsp3) is 0.571. The molecular formula is C14H21NO. The molecule has 88 valence electrons. The lowest BCUT2D eigenvalue weighted by atomic mass is 9.82. The number of rotatable bonds is 2. The first-order valence-electron chi connectivity index (χ1n) is 6.01. The van der Waals surface area contributed by atoms with Crippen molar-refractivity contribution < 1.29 is 4.74 Å². The van der Waals surface area contributed by atoms with Crippen molar-refractivity contribution in [3.63, 3.8) is 0 Å². The average Bonchev–Trinajstić information content (AvgIpc) is 2.18. The van der Waals surface area contributed by atoms with Crippen LogP contribution in [0.2, 0.25) is 0 Å². The molecule has 2 heteroatoms. The lowest BCUT2D eigenvalue weighted by Gasteiger charge is -2.37. The van der Waals surface area contributed by atoms with Gasteiger partial charge in [0.2, 0.25) is 0 Å². The molecule has 1 aliphatic rings. The van der Waals surface area contributed by atoms with E-state index in [1.807, 2.05) is 0 Å². The van der Waals surface area contributed by atoms with Gasteiger partial charge in [-0.1, -0.05) is 17.7 Å². The molecule has 0 saturated heterocycles. The van der Waals surface area contributed by atoms with Gasteiger partial charge in [-0.25, -0.2) is 0 Å². The maximum atomic E-state index is 6.01. The van der Waals surface area contributed by atoms with Crippen LogP contribution >= 0.6 is 0 Å². The molecule has 0 aliphatic carbocycles. The van der Waals surface area contributed by atoms with Gasteiger partial charge in [0.15, 0.2) is 0 Å². The van der Waals surface area contributed by atoms with Crippen molar-refractivity contribution in [3.05, 3.63) is 29.3 Å². The number of aryl methyl sites for hydroxylation is 1. The topological polar surface area (TPSA) is 35.2 Å². The number of fused-ring (bicyclic) bond motifs is 1. The predicted octanol–water partition coefficient (Wildman–Crippen LogP) is 2.99. The molecule has 0 fully saturated rings. The molecule has 1 aromatic carbocycles. The molecular weight excluding hydrogens is 198 g/mol. The number of hydrogen-bond donors (Lipinski definition) is 1. The number of hydrogen-bond acceptors (Lipinski definition) is 2. The smallest absolute Gasteiger partial charge is 0.123 e. The van der Waals surface area contributed by atoms with Crippen molar-refractivity contribution in [2.24, 2.45) is 5.73 Å². The van der Waals surface area contributed by atoms with Crippen LogP contribution in [0, 0.1) is 6.92 Å². The lowest BCUT2D eigenvalue weighted by Crippen LogP contribution is -2.35. The highest BCUT2D eigenvalue weighted by Crippen LogP contribution is 2.42. The minimum Gasteiger partial charge on any atom is -0.488 e. The van der Waals surface area contributed by atoms with Crippen LogP contribution in [0.3, 0.4) is 0 Å². The Balaban J connectivity index is 2.39. The average molecular weight is 219 g/mol. The Labute approximate surface area is 97.8 Å². The van der Waals surface area contributed by atoms with Gasteiger partial charge in [-0.3, -0.25) is 0 Å². The summed E-state index contributed by atoms with van der Waals surface area (Å²) in [6.07, 6.45) is 2.10. The van der Waals surface area contributed by atoms with Gasteiger partial charge in [0.05, 0.1) is 0 Å². The summed E-state index contributed by atoms with van der Waals surface area (Å²) < 4.78 is 6.01. The summed E-state index contributed by atoms with van der Waals surface area (Å²) in [7, 11) is 0. The summed E-state index contributed by atoms with van der Waals surface area (Å²) >= 11 is 0. The molecule has 1 aliphatic heterocycles. The summed E-state index contributed by atoms with van der Waals surface area (Å²) in [5.41, 5.74) is 8.27. The summed E-state index contributed by atoms with van der Waals surface area (Å²) in [4.78, 5) is 0. The molecule has 2 N–H and O–H groups in total. The van der Waals surface area contributed by atoms with E-state index in [0.29, 0.717) is 5.92 Å². The van der Waals surface area contributed by atoms with Crippen LogP contribution in [0.4, 0.5) is 0 Å². The normalized spacial score (nSPS) is 22.4. The molecule has 1 atom stereocenters. The van der Waals surface area contributed by atoms with Crippen LogP contribution in [0.5, 0.6) is 5.75 Å². The van der Waals surface area contributed by atoms with Gasteiger partial charge in [0, 0.05) is 0 Å². The number of nitrogens with two attached hydrogens (primary N) is 1.